The van der Waals surface area contributed by atoms with Gasteiger partial charge in [-0.05, 0) is 12.8 Å². The van der Waals surface area contributed by atoms with Gasteiger partial charge in [0.15, 0.2) is 11.4 Å². The Labute approximate surface area is 122 Å². The fraction of sp³-hybridized carbons (Fsp3) is 0.417. The van der Waals surface area contributed by atoms with Gasteiger partial charge in [-0.25, -0.2) is 9.59 Å². The van der Waals surface area contributed by atoms with Crippen molar-refractivity contribution in [1.82, 2.24) is 9.78 Å². The van der Waals surface area contributed by atoms with Gasteiger partial charge in [-0.2, -0.15) is 18.3 Å². The predicted octanol–water partition coefficient (Wildman–Crippen LogP) is 2.67. The number of aromatic carboxylic acids is 1. The quantitative estimate of drug-likeness (QED) is 0.814. The fourth-order valence-corrected chi connectivity index (χ4v) is 1.81. The maximum atomic E-state index is 13.0. The standard InChI is InChI=1S/C12H12F3N3O4/c1-2-5-22-11(21)16-7-8(10(19)20)18(6-3-4-6)17-9(7)12(13,14)15/h2,6H,1,3-5H2,(H,16,21)(H,19,20). The van der Waals surface area contributed by atoms with Crippen LogP contribution in [0.5, 0.6) is 0 Å². The first-order chi connectivity index (χ1) is 10.3. The lowest BCUT2D eigenvalue weighted by atomic mass is 10.2. The van der Waals surface area contributed by atoms with E-state index in [-0.39, 0.29) is 6.61 Å². The number of ether oxygens (including phenoxy) is 1. The molecule has 1 fully saturated rings. The van der Waals surface area contributed by atoms with Crippen LogP contribution in [0.1, 0.15) is 35.1 Å². The van der Waals surface area contributed by atoms with Crippen LogP contribution in [0, 0.1) is 0 Å². The molecule has 7 nitrogen and oxygen atoms in total. The number of hydrogen-bond donors (Lipinski definition) is 2. The normalized spacial score (nSPS) is 14.5. The third-order valence-corrected chi connectivity index (χ3v) is 2.83. The Balaban J connectivity index is 2.45. The first-order valence-electron chi connectivity index (χ1n) is 6.23. The Bertz CT molecular complexity index is 620. The van der Waals surface area contributed by atoms with Crippen LogP contribution in [-0.4, -0.2) is 33.6 Å². The number of halogens is 3. The summed E-state index contributed by atoms with van der Waals surface area (Å²) in [5, 5.41) is 14.3. The molecule has 1 saturated carbocycles. The van der Waals surface area contributed by atoms with Crippen molar-refractivity contribution in [2.24, 2.45) is 0 Å². The highest BCUT2D eigenvalue weighted by Gasteiger charge is 2.43. The average Bonchev–Trinajstić information content (AvgIpc) is 3.16. The van der Waals surface area contributed by atoms with Crippen molar-refractivity contribution in [3.8, 4) is 0 Å². The second-order valence-corrected chi connectivity index (χ2v) is 4.56. The monoisotopic (exact) mass is 319 g/mol. The molecule has 0 spiro atoms. The smallest absolute Gasteiger partial charge is 0.437 e. The maximum absolute atomic E-state index is 13.0. The lowest BCUT2D eigenvalue weighted by Gasteiger charge is -2.08. The molecular weight excluding hydrogens is 307 g/mol. The molecule has 1 heterocycles. The van der Waals surface area contributed by atoms with E-state index >= 15 is 0 Å². The molecule has 1 aliphatic carbocycles. The maximum Gasteiger partial charge on any atom is 0.437 e. The molecule has 0 aliphatic heterocycles. The lowest BCUT2D eigenvalue weighted by Crippen LogP contribution is -2.19. The molecule has 1 aliphatic rings. The molecule has 1 amide bonds. The van der Waals surface area contributed by atoms with E-state index in [4.69, 9.17) is 5.11 Å². The number of hydrogen-bond acceptors (Lipinski definition) is 4. The Kier molecular flexibility index (Phi) is 4.11. The third kappa shape index (κ3) is 3.21. The van der Waals surface area contributed by atoms with Crippen LogP contribution in [0.15, 0.2) is 12.7 Å². The molecule has 1 aromatic heterocycles. The first kappa shape index (κ1) is 15.9. The van der Waals surface area contributed by atoms with Crippen molar-refractivity contribution in [3.05, 3.63) is 24.0 Å². The second kappa shape index (κ2) is 5.70. The summed E-state index contributed by atoms with van der Waals surface area (Å²) in [6.07, 6.45) is -3.86. The molecule has 0 unspecified atom stereocenters. The largest absolute Gasteiger partial charge is 0.476 e. The zero-order chi connectivity index (χ0) is 16.5. The zero-order valence-electron chi connectivity index (χ0n) is 11.2. The number of rotatable bonds is 5. The number of aromatic nitrogens is 2. The van der Waals surface area contributed by atoms with Crippen LogP contribution >= 0.6 is 0 Å². The summed E-state index contributed by atoms with van der Waals surface area (Å²) < 4.78 is 44.3. The van der Waals surface area contributed by atoms with E-state index in [0.717, 1.165) is 4.68 Å². The van der Waals surface area contributed by atoms with Crippen LogP contribution < -0.4 is 5.32 Å². The topological polar surface area (TPSA) is 93.5 Å². The molecule has 2 rings (SSSR count). The summed E-state index contributed by atoms with van der Waals surface area (Å²) in [6, 6.07) is -0.410. The highest BCUT2D eigenvalue weighted by Crippen LogP contribution is 2.42. The van der Waals surface area contributed by atoms with E-state index in [2.05, 4.69) is 16.4 Å². The van der Waals surface area contributed by atoms with Gasteiger partial charge in [0.05, 0.1) is 6.04 Å². The summed E-state index contributed by atoms with van der Waals surface area (Å²) in [7, 11) is 0. The van der Waals surface area contributed by atoms with Crippen LogP contribution in [0.4, 0.5) is 23.7 Å². The Morgan fingerprint density at radius 3 is 2.59 bits per heavy atom. The van der Waals surface area contributed by atoms with Crippen molar-refractivity contribution in [3.63, 3.8) is 0 Å². The average molecular weight is 319 g/mol. The van der Waals surface area contributed by atoms with Gasteiger partial charge in [-0.3, -0.25) is 10.00 Å². The van der Waals surface area contributed by atoms with E-state index in [0.29, 0.717) is 12.8 Å². The van der Waals surface area contributed by atoms with Gasteiger partial charge in [0.25, 0.3) is 0 Å². The van der Waals surface area contributed by atoms with Gasteiger partial charge in [0.1, 0.15) is 12.3 Å². The number of nitrogens with one attached hydrogen (secondary N) is 1. The SMILES string of the molecule is C=CCOC(=O)Nc1c(C(F)(F)F)nn(C2CC2)c1C(=O)O. The molecule has 10 heteroatoms. The number of amides is 1. The van der Waals surface area contributed by atoms with Crippen molar-refractivity contribution >= 4 is 17.7 Å². The van der Waals surface area contributed by atoms with Gasteiger partial charge >= 0.3 is 18.2 Å². The van der Waals surface area contributed by atoms with Crippen molar-refractivity contribution in [2.75, 3.05) is 11.9 Å². The number of carboxylic acids is 1. The number of carbonyl (C=O) groups is 2. The minimum absolute atomic E-state index is 0.230. The minimum Gasteiger partial charge on any atom is -0.476 e. The third-order valence-electron chi connectivity index (χ3n) is 2.83. The van der Waals surface area contributed by atoms with E-state index in [9.17, 15) is 22.8 Å². The number of carbonyl (C=O) groups excluding carboxylic acids is 1. The van der Waals surface area contributed by atoms with Crippen molar-refractivity contribution in [2.45, 2.75) is 25.1 Å². The van der Waals surface area contributed by atoms with Gasteiger partial charge in [0, 0.05) is 0 Å². The van der Waals surface area contributed by atoms with Crippen LogP contribution in [0.3, 0.4) is 0 Å². The zero-order valence-corrected chi connectivity index (χ0v) is 11.2. The van der Waals surface area contributed by atoms with E-state index in [1.165, 1.54) is 6.08 Å². The Morgan fingerprint density at radius 2 is 2.14 bits per heavy atom. The molecule has 0 saturated heterocycles. The molecule has 0 aromatic carbocycles. The van der Waals surface area contributed by atoms with Crippen LogP contribution in [0.25, 0.3) is 0 Å². The molecule has 0 radical (unpaired) electrons. The minimum atomic E-state index is -4.91. The van der Waals surface area contributed by atoms with Crippen molar-refractivity contribution in [1.29, 1.82) is 0 Å². The molecule has 120 valence electrons. The molecule has 0 atom stereocenters. The van der Waals surface area contributed by atoms with Gasteiger partial charge < -0.3 is 9.84 Å². The molecule has 1 aromatic rings. The van der Waals surface area contributed by atoms with Gasteiger partial charge in [-0.15, -0.1) is 0 Å². The predicted molar refractivity (Wildman–Crippen MR) is 67.6 cm³/mol. The summed E-state index contributed by atoms with van der Waals surface area (Å²) >= 11 is 0. The molecule has 0 bridgehead atoms. The summed E-state index contributed by atoms with van der Waals surface area (Å²) in [5.74, 6) is -1.62. The summed E-state index contributed by atoms with van der Waals surface area (Å²) in [6.45, 7) is 3.05. The number of carboxylic acid groups (broad SMARTS) is 1. The van der Waals surface area contributed by atoms with Crippen LogP contribution in [-0.2, 0) is 10.9 Å². The molecular formula is C12H12F3N3O4. The summed E-state index contributed by atoms with van der Waals surface area (Å²) in [5.41, 5.74) is -3.10. The lowest BCUT2D eigenvalue weighted by molar-refractivity contribution is -0.140. The Morgan fingerprint density at radius 1 is 1.50 bits per heavy atom. The molecule has 22 heavy (non-hydrogen) atoms. The number of alkyl halides is 3. The van der Waals surface area contributed by atoms with E-state index in [1.807, 2.05) is 5.32 Å². The highest BCUT2D eigenvalue weighted by atomic mass is 19.4. The first-order valence-corrected chi connectivity index (χ1v) is 6.23. The molecule has 2 N–H and O–H groups in total. The Hall–Kier alpha value is -2.52. The van der Waals surface area contributed by atoms with Gasteiger partial charge in [0.2, 0.25) is 0 Å². The fourth-order valence-electron chi connectivity index (χ4n) is 1.81. The number of nitrogens with zero attached hydrogens (tertiary/aromatic N) is 2. The number of anilines is 1. The summed E-state index contributed by atoms with van der Waals surface area (Å²) in [4.78, 5) is 22.7. The second-order valence-electron chi connectivity index (χ2n) is 4.56. The van der Waals surface area contributed by atoms with Crippen molar-refractivity contribution < 1.29 is 32.6 Å². The van der Waals surface area contributed by atoms with E-state index < -0.39 is 41.4 Å². The van der Waals surface area contributed by atoms with Gasteiger partial charge in [-0.1, -0.05) is 12.7 Å². The van der Waals surface area contributed by atoms with Crippen LogP contribution in [0.2, 0.25) is 0 Å². The van der Waals surface area contributed by atoms with E-state index in [1.54, 1.807) is 0 Å². The highest BCUT2D eigenvalue weighted by molar-refractivity contribution is 5.98.